The molecule has 0 bridgehead atoms. The summed E-state index contributed by atoms with van der Waals surface area (Å²) in [5.41, 5.74) is 1.27. The topological polar surface area (TPSA) is 23.8 Å². The molecule has 1 nitrogen and oxygen atoms in total. The number of hydrogen-bond acceptors (Lipinski definition) is 1. The Labute approximate surface area is 143 Å². The molecule has 2 saturated carbocycles. The van der Waals surface area contributed by atoms with E-state index in [1.54, 1.807) is 18.2 Å². The van der Waals surface area contributed by atoms with Crippen molar-refractivity contribution < 1.29 is 8.78 Å². The quantitative estimate of drug-likeness (QED) is 0.598. The summed E-state index contributed by atoms with van der Waals surface area (Å²) in [5, 5.41) is 8.54. The molecule has 1 aromatic carbocycles. The van der Waals surface area contributed by atoms with Gasteiger partial charge in [-0.25, -0.2) is 4.39 Å². The first kappa shape index (κ1) is 17.1. The lowest BCUT2D eigenvalue weighted by Crippen LogP contribution is -2.25. The van der Waals surface area contributed by atoms with E-state index in [1.165, 1.54) is 37.3 Å². The molecular weight excluding hydrogens is 304 g/mol. The van der Waals surface area contributed by atoms with Crippen molar-refractivity contribution in [2.75, 3.05) is 0 Å². The Kier molecular flexibility index (Phi) is 5.66. The minimum Gasteiger partial charge on any atom is -0.207 e. The van der Waals surface area contributed by atoms with Crippen LogP contribution in [-0.4, -0.2) is 0 Å². The number of hydrogen-bond donors (Lipinski definition) is 0. The zero-order chi connectivity index (χ0) is 16.9. The largest absolute Gasteiger partial charge is 0.207 e. The molecule has 0 atom stereocenters. The second-order valence-corrected chi connectivity index (χ2v) is 7.46. The van der Waals surface area contributed by atoms with E-state index < -0.39 is 5.83 Å². The van der Waals surface area contributed by atoms with Gasteiger partial charge in [-0.15, -0.1) is 0 Å². The lowest BCUT2D eigenvalue weighted by molar-refractivity contribution is 0.171. The Morgan fingerprint density at radius 2 is 1.46 bits per heavy atom. The van der Waals surface area contributed by atoms with Crippen molar-refractivity contribution in [3.63, 3.8) is 0 Å². The van der Waals surface area contributed by atoms with Gasteiger partial charge in [-0.3, -0.25) is 0 Å². The van der Waals surface area contributed by atoms with Crippen LogP contribution in [0.5, 0.6) is 0 Å². The van der Waals surface area contributed by atoms with Crippen molar-refractivity contribution >= 4 is 0 Å². The van der Waals surface area contributed by atoms with E-state index in [9.17, 15) is 8.78 Å². The molecule has 3 rings (SSSR count). The molecule has 24 heavy (non-hydrogen) atoms. The van der Waals surface area contributed by atoms with Crippen molar-refractivity contribution in [2.45, 2.75) is 57.3 Å². The number of nitrogens with zero attached hydrogens (tertiary/aromatic N) is 1. The summed E-state index contributed by atoms with van der Waals surface area (Å²) in [4.78, 5) is 0. The second-order valence-electron chi connectivity index (χ2n) is 7.46. The Balaban J connectivity index is 1.48. The van der Waals surface area contributed by atoms with Crippen LogP contribution < -0.4 is 0 Å². The normalized spacial score (nSPS) is 31.5. The molecule has 0 heterocycles. The third-order valence-electron chi connectivity index (χ3n) is 6.09. The molecule has 3 heteroatoms. The smallest absolute Gasteiger partial charge is 0.196 e. The molecule has 2 fully saturated rings. The van der Waals surface area contributed by atoms with Crippen LogP contribution in [0.2, 0.25) is 0 Å². The molecule has 0 aliphatic heterocycles. The van der Waals surface area contributed by atoms with Gasteiger partial charge in [0.1, 0.15) is 11.9 Å². The van der Waals surface area contributed by atoms with E-state index in [1.807, 2.05) is 12.1 Å². The van der Waals surface area contributed by atoms with E-state index in [0.717, 1.165) is 37.5 Å². The van der Waals surface area contributed by atoms with Gasteiger partial charge >= 0.3 is 0 Å². The summed E-state index contributed by atoms with van der Waals surface area (Å²) >= 11 is 0. The SMILES string of the molecule is N#C/C(F)=C/C1CCC(C2CCC(c3ccc(F)cc3)CC2)CC1. The first-order valence-electron chi connectivity index (χ1n) is 9.18. The Morgan fingerprint density at radius 3 is 2.00 bits per heavy atom. The lowest BCUT2D eigenvalue weighted by atomic mass is 9.68. The summed E-state index contributed by atoms with van der Waals surface area (Å²) in [5.74, 6) is 1.58. The number of halogens is 2. The monoisotopic (exact) mass is 329 g/mol. The molecule has 0 saturated heterocycles. The van der Waals surface area contributed by atoms with E-state index in [2.05, 4.69) is 0 Å². The van der Waals surface area contributed by atoms with Crippen molar-refractivity contribution in [3.8, 4) is 6.07 Å². The van der Waals surface area contributed by atoms with Gasteiger partial charge in [0.15, 0.2) is 5.83 Å². The van der Waals surface area contributed by atoms with Crippen LogP contribution >= 0.6 is 0 Å². The molecule has 0 unspecified atom stereocenters. The van der Waals surface area contributed by atoms with Crippen LogP contribution in [0.3, 0.4) is 0 Å². The van der Waals surface area contributed by atoms with Gasteiger partial charge in [0.2, 0.25) is 0 Å². The van der Waals surface area contributed by atoms with Gasteiger partial charge in [0.25, 0.3) is 0 Å². The molecule has 0 amide bonds. The van der Waals surface area contributed by atoms with E-state index in [4.69, 9.17) is 5.26 Å². The predicted octanol–water partition coefficient (Wildman–Crippen LogP) is 6.28. The zero-order valence-electron chi connectivity index (χ0n) is 14.1. The van der Waals surface area contributed by atoms with E-state index >= 15 is 0 Å². The van der Waals surface area contributed by atoms with Crippen molar-refractivity contribution in [1.82, 2.24) is 0 Å². The second kappa shape index (κ2) is 7.92. The van der Waals surface area contributed by atoms with Crippen molar-refractivity contribution in [1.29, 1.82) is 5.26 Å². The molecule has 1 aromatic rings. The predicted molar refractivity (Wildman–Crippen MR) is 91.4 cm³/mol. The average molecular weight is 329 g/mol. The number of allylic oxidation sites excluding steroid dienone is 2. The molecule has 128 valence electrons. The molecule has 2 aliphatic rings. The third-order valence-corrected chi connectivity index (χ3v) is 6.09. The first-order valence-corrected chi connectivity index (χ1v) is 9.18. The van der Waals surface area contributed by atoms with Gasteiger partial charge in [0.05, 0.1) is 0 Å². The lowest BCUT2D eigenvalue weighted by Gasteiger charge is -2.37. The van der Waals surface area contributed by atoms with Crippen LogP contribution in [0, 0.1) is 34.9 Å². The minimum absolute atomic E-state index is 0.161. The van der Waals surface area contributed by atoms with Crippen molar-refractivity contribution in [3.05, 3.63) is 47.5 Å². The third kappa shape index (κ3) is 4.23. The number of benzene rings is 1. The maximum absolute atomic E-state index is 13.1. The minimum atomic E-state index is -0.627. The van der Waals surface area contributed by atoms with Gasteiger partial charge < -0.3 is 0 Å². The fourth-order valence-corrected chi connectivity index (χ4v) is 4.69. The summed E-state index contributed by atoms with van der Waals surface area (Å²) in [7, 11) is 0. The molecule has 2 aliphatic carbocycles. The van der Waals surface area contributed by atoms with Crippen LogP contribution in [0.15, 0.2) is 36.2 Å². The van der Waals surface area contributed by atoms with Gasteiger partial charge in [-0.05, 0) is 98.8 Å². The molecule has 0 radical (unpaired) electrons. The molecule has 0 N–H and O–H groups in total. The van der Waals surface area contributed by atoms with Crippen LogP contribution in [-0.2, 0) is 0 Å². The number of rotatable bonds is 3. The van der Waals surface area contributed by atoms with E-state index in [0.29, 0.717) is 5.92 Å². The average Bonchev–Trinajstić information content (AvgIpc) is 2.63. The van der Waals surface area contributed by atoms with Gasteiger partial charge in [0, 0.05) is 0 Å². The summed E-state index contributed by atoms with van der Waals surface area (Å²) < 4.78 is 26.1. The Hall–Kier alpha value is -1.69. The van der Waals surface area contributed by atoms with Crippen LogP contribution in [0.4, 0.5) is 8.78 Å². The Morgan fingerprint density at radius 1 is 0.917 bits per heavy atom. The highest BCUT2D eigenvalue weighted by molar-refractivity contribution is 5.21. The summed E-state index contributed by atoms with van der Waals surface area (Å²) in [6.07, 6.45) is 10.7. The maximum Gasteiger partial charge on any atom is 0.196 e. The zero-order valence-corrected chi connectivity index (χ0v) is 14.1. The number of nitriles is 1. The molecule has 0 spiro atoms. The first-order chi connectivity index (χ1) is 11.7. The van der Waals surface area contributed by atoms with Crippen LogP contribution in [0.25, 0.3) is 0 Å². The van der Waals surface area contributed by atoms with Crippen LogP contribution in [0.1, 0.15) is 62.8 Å². The standard InChI is InChI=1S/C21H25F2N/c22-20-11-9-19(10-12-20)18-7-5-17(6-8-18)16-3-1-15(2-4-16)13-21(23)14-24/h9-13,15-18H,1-8H2/b21-13-. The molecule has 0 aromatic heterocycles. The molecular formula is C21H25F2N. The fraction of sp³-hybridized carbons (Fsp3) is 0.571. The van der Waals surface area contributed by atoms with Gasteiger partial charge in [-0.2, -0.15) is 9.65 Å². The summed E-state index contributed by atoms with van der Waals surface area (Å²) in [6, 6.07) is 8.58. The highest BCUT2D eigenvalue weighted by Crippen LogP contribution is 2.44. The van der Waals surface area contributed by atoms with E-state index in [-0.39, 0.29) is 11.7 Å². The highest BCUT2D eigenvalue weighted by atomic mass is 19.1. The highest BCUT2D eigenvalue weighted by Gasteiger charge is 2.31. The maximum atomic E-state index is 13.1. The van der Waals surface area contributed by atoms with Crippen molar-refractivity contribution in [2.24, 2.45) is 17.8 Å². The van der Waals surface area contributed by atoms with Gasteiger partial charge in [-0.1, -0.05) is 12.1 Å². The fourth-order valence-electron chi connectivity index (χ4n) is 4.69. The Bertz CT molecular complexity index is 598. The summed E-state index contributed by atoms with van der Waals surface area (Å²) in [6.45, 7) is 0.